The van der Waals surface area contributed by atoms with Crippen LogP contribution in [0.15, 0.2) is 18.2 Å². The molecule has 88 valence electrons. The van der Waals surface area contributed by atoms with Crippen molar-refractivity contribution in [2.24, 2.45) is 5.73 Å². The zero-order valence-electron chi connectivity index (χ0n) is 9.18. The molecule has 0 unspecified atom stereocenters. The lowest BCUT2D eigenvalue weighted by Crippen LogP contribution is -2.50. The van der Waals surface area contributed by atoms with E-state index in [-0.39, 0.29) is 12.4 Å². The minimum atomic E-state index is -0.852. The van der Waals surface area contributed by atoms with Gasteiger partial charge in [-0.15, -0.1) is 0 Å². The molecule has 0 aliphatic carbocycles. The Morgan fingerprint density at radius 2 is 2.19 bits per heavy atom. The lowest BCUT2D eigenvalue weighted by atomic mass is 10.0. The third kappa shape index (κ3) is 3.18. The quantitative estimate of drug-likeness (QED) is 0.849. The first-order valence-corrected chi connectivity index (χ1v) is 5.19. The van der Waals surface area contributed by atoms with E-state index in [9.17, 15) is 9.18 Å². The lowest BCUT2D eigenvalue weighted by molar-refractivity contribution is -0.123. The number of benzene rings is 1. The molecule has 0 radical (unpaired) electrons. The average Bonchev–Trinajstić information content (AvgIpc) is 2.19. The molecule has 5 heteroatoms. The predicted molar refractivity (Wildman–Crippen MR) is 61.5 cm³/mol. The summed E-state index contributed by atoms with van der Waals surface area (Å²) in [6, 6.07) is 4.09. The molecule has 0 spiro atoms. The highest BCUT2D eigenvalue weighted by atomic mass is 35.5. The molecule has 0 bridgehead atoms. The molecule has 1 rings (SSSR count). The first-order valence-electron chi connectivity index (χ1n) is 4.82. The number of amides is 1. The fourth-order valence-electron chi connectivity index (χ4n) is 1.08. The van der Waals surface area contributed by atoms with Crippen LogP contribution in [0.3, 0.4) is 0 Å². The van der Waals surface area contributed by atoms with E-state index in [4.69, 9.17) is 17.3 Å². The number of primary amides is 1. The minimum absolute atomic E-state index is 0.284. The molecule has 1 aromatic rings. The second-order valence-electron chi connectivity index (χ2n) is 4.08. The van der Waals surface area contributed by atoms with Crippen LogP contribution in [0.1, 0.15) is 19.4 Å². The summed E-state index contributed by atoms with van der Waals surface area (Å²) in [7, 11) is 0. The fraction of sp³-hybridized carbons (Fsp3) is 0.364. The maximum atomic E-state index is 12.9. The summed E-state index contributed by atoms with van der Waals surface area (Å²) < 4.78 is 12.9. The van der Waals surface area contributed by atoms with Gasteiger partial charge in [0, 0.05) is 11.6 Å². The van der Waals surface area contributed by atoms with Crippen molar-refractivity contribution in [3.63, 3.8) is 0 Å². The molecule has 3 N–H and O–H groups in total. The van der Waals surface area contributed by atoms with Gasteiger partial charge in [0.05, 0.1) is 5.54 Å². The van der Waals surface area contributed by atoms with Crippen LogP contribution < -0.4 is 11.1 Å². The van der Waals surface area contributed by atoms with Gasteiger partial charge in [0.25, 0.3) is 0 Å². The van der Waals surface area contributed by atoms with E-state index in [1.54, 1.807) is 13.8 Å². The van der Waals surface area contributed by atoms with E-state index >= 15 is 0 Å². The van der Waals surface area contributed by atoms with Gasteiger partial charge in [-0.25, -0.2) is 4.39 Å². The fourth-order valence-corrected chi connectivity index (χ4v) is 1.27. The van der Waals surface area contributed by atoms with Gasteiger partial charge in [-0.3, -0.25) is 10.1 Å². The second kappa shape index (κ2) is 4.80. The molecule has 0 aliphatic heterocycles. The standard InChI is InChI=1S/C11H14ClFN2O/c1-11(2,10(14)16)15-6-7-5-8(13)3-4-9(7)12/h3-5,15H,6H2,1-2H3,(H2,14,16). The minimum Gasteiger partial charge on any atom is -0.368 e. The molecule has 0 atom stereocenters. The molecular formula is C11H14ClFN2O. The van der Waals surface area contributed by atoms with Gasteiger partial charge in [0.15, 0.2) is 0 Å². The summed E-state index contributed by atoms with van der Waals surface area (Å²) in [5.41, 5.74) is 4.94. The van der Waals surface area contributed by atoms with Crippen molar-refractivity contribution in [2.45, 2.75) is 25.9 Å². The highest BCUT2D eigenvalue weighted by Gasteiger charge is 2.23. The molecule has 0 saturated heterocycles. The van der Waals surface area contributed by atoms with Crippen molar-refractivity contribution in [1.82, 2.24) is 5.32 Å². The van der Waals surface area contributed by atoms with Gasteiger partial charge in [-0.2, -0.15) is 0 Å². The van der Waals surface area contributed by atoms with E-state index in [2.05, 4.69) is 5.32 Å². The normalized spacial score (nSPS) is 11.5. The van der Waals surface area contributed by atoms with Crippen molar-refractivity contribution in [3.8, 4) is 0 Å². The Hall–Kier alpha value is -1.13. The third-order valence-electron chi connectivity index (χ3n) is 2.34. The van der Waals surface area contributed by atoms with Crippen LogP contribution in [0.5, 0.6) is 0 Å². The number of halogens is 2. The molecule has 0 aromatic heterocycles. The van der Waals surface area contributed by atoms with Crippen LogP contribution in [0.4, 0.5) is 4.39 Å². The topological polar surface area (TPSA) is 55.1 Å². The summed E-state index contributed by atoms with van der Waals surface area (Å²) in [5, 5.41) is 3.37. The van der Waals surface area contributed by atoms with Crippen LogP contribution in [0.25, 0.3) is 0 Å². The van der Waals surface area contributed by atoms with E-state index in [1.807, 2.05) is 0 Å². The molecule has 0 heterocycles. The largest absolute Gasteiger partial charge is 0.368 e. The number of nitrogens with one attached hydrogen (secondary N) is 1. The Morgan fingerprint density at radius 1 is 1.56 bits per heavy atom. The number of hydrogen-bond acceptors (Lipinski definition) is 2. The number of carbonyl (C=O) groups is 1. The summed E-state index contributed by atoms with van der Waals surface area (Å²) in [4.78, 5) is 11.0. The van der Waals surface area contributed by atoms with E-state index < -0.39 is 11.4 Å². The van der Waals surface area contributed by atoms with Gasteiger partial charge in [0.2, 0.25) is 5.91 Å². The van der Waals surface area contributed by atoms with Gasteiger partial charge >= 0.3 is 0 Å². The van der Waals surface area contributed by atoms with Gasteiger partial charge < -0.3 is 5.73 Å². The first-order chi connectivity index (χ1) is 7.33. The number of rotatable bonds is 4. The van der Waals surface area contributed by atoms with Gasteiger partial charge in [0.1, 0.15) is 5.82 Å². The summed E-state index contributed by atoms with van der Waals surface area (Å²) in [6.45, 7) is 3.59. The van der Waals surface area contributed by atoms with Crippen LogP contribution >= 0.6 is 11.6 Å². The van der Waals surface area contributed by atoms with E-state index in [0.29, 0.717) is 10.6 Å². The first kappa shape index (κ1) is 12.9. The molecule has 16 heavy (non-hydrogen) atoms. The van der Waals surface area contributed by atoms with Crippen LogP contribution in [-0.4, -0.2) is 11.4 Å². The van der Waals surface area contributed by atoms with E-state index in [0.717, 1.165) is 0 Å². The monoisotopic (exact) mass is 244 g/mol. The van der Waals surface area contributed by atoms with Crippen molar-refractivity contribution < 1.29 is 9.18 Å². The second-order valence-corrected chi connectivity index (χ2v) is 4.49. The number of carbonyl (C=O) groups excluding carboxylic acids is 1. The highest BCUT2D eigenvalue weighted by Crippen LogP contribution is 2.17. The summed E-state index contributed by atoms with van der Waals surface area (Å²) in [5.74, 6) is -0.835. The highest BCUT2D eigenvalue weighted by molar-refractivity contribution is 6.31. The number of nitrogens with two attached hydrogens (primary N) is 1. The molecule has 0 saturated carbocycles. The predicted octanol–water partition coefficient (Wildman–Crippen LogP) is 1.83. The maximum Gasteiger partial charge on any atom is 0.237 e. The van der Waals surface area contributed by atoms with E-state index in [1.165, 1.54) is 18.2 Å². The van der Waals surface area contributed by atoms with Gasteiger partial charge in [-0.05, 0) is 37.6 Å². The smallest absolute Gasteiger partial charge is 0.237 e. The van der Waals surface area contributed by atoms with Crippen LogP contribution in [-0.2, 0) is 11.3 Å². The van der Waals surface area contributed by atoms with Crippen molar-refractivity contribution in [3.05, 3.63) is 34.6 Å². The van der Waals surface area contributed by atoms with Crippen LogP contribution in [0, 0.1) is 5.82 Å². The maximum absolute atomic E-state index is 12.9. The molecule has 0 aliphatic rings. The van der Waals surface area contributed by atoms with Crippen LogP contribution in [0.2, 0.25) is 5.02 Å². The van der Waals surface area contributed by atoms with Crippen molar-refractivity contribution in [2.75, 3.05) is 0 Å². The molecule has 3 nitrogen and oxygen atoms in total. The number of hydrogen-bond donors (Lipinski definition) is 2. The molecule has 1 amide bonds. The average molecular weight is 245 g/mol. The summed E-state index contributed by atoms with van der Waals surface area (Å²) >= 11 is 5.88. The third-order valence-corrected chi connectivity index (χ3v) is 2.71. The Labute approximate surface area is 98.8 Å². The Bertz CT molecular complexity index is 407. The van der Waals surface area contributed by atoms with Gasteiger partial charge in [-0.1, -0.05) is 11.6 Å². The van der Waals surface area contributed by atoms with Crippen molar-refractivity contribution in [1.29, 1.82) is 0 Å². The Kier molecular flexibility index (Phi) is 3.88. The van der Waals surface area contributed by atoms with Crippen molar-refractivity contribution >= 4 is 17.5 Å². The lowest BCUT2D eigenvalue weighted by Gasteiger charge is -2.22. The zero-order chi connectivity index (χ0) is 12.3. The zero-order valence-corrected chi connectivity index (χ0v) is 9.94. The SMILES string of the molecule is CC(C)(NCc1cc(F)ccc1Cl)C(N)=O. The molecule has 1 aromatic carbocycles. The summed E-state index contributed by atoms with van der Waals surface area (Å²) in [6.07, 6.45) is 0. The molecular weight excluding hydrogens is 231 g/mol. The Morgan fingerprint density at radius 3 is 2.75 bits per heavy atom. The Balaban J connectivity index is 2.75. The molecule has 0 fully saturated rings.